The lowest BCUT2D eigenvalue weighted by molar-refractivity contribution is 0.789. The summed E-state index contributed by atoms with van der Waals surface area (Å²) in [7, 11) is 0. The largest absolute Gasteiger partial charge is 0.323 e. The number of hydrogen-bond donors (Lipinski definition) is 3. The fraction of sp³-hybridized carbons (Fsp3) is 0.130. The highest BCUT2D eigenvalue weighted by atomic mass is 15.2. The maximum absolute atomic E-state index is 4.62. The Bertz CT molecular complexity index is 2260. The van der Waals surface area contributed by atoms with Crippen LogP contribution in [0.2, 0.25) is 0 Å². The van der Waals surface area contributed by atoms with Crippen LogP contribution in [0.1, 0.15) is 54.6 Å². The number of nitrogens with zero attached hydrogens (tertiary/aromatic N) is 1. The highest BCUT2D eigenvalue weighted by Gasteiger charge is 2.56. The summed E-state index contributed by atoms with van der Waals surface area (Å²) in [6.07, 6.45) is 6.59. The molecule has 8 rings (SSSR count). The molecule has 2 heterocycles. The number of allylic oxidation sites excluding steroid dienone is 1. The van der Waals surface area contributed by atoms with E-state index in [1.165, 1.54) is 38.3 Å². The van der Waals surface area contributed by atoms with E-state index in [9.17, 15) is 0 Å². The van der Waals surface area contributed by atoms with Gasteiger partial charge in [-0.25, -0.2) is 0 Å². The Labute approximate surface area is 296 Å². The van der Waals surface area contributed by atoms with E-state index in [1.807, 2.05) is 13.8 Å². The third kappa shape index (κ3) is 6.70. The summed E-state index contributed by atoms with van der Waals surface area (Å²) < 4.78 is 0. The molecule has 0 aliphatic carbocycles. The number of benzene rings is 6. The first-order chi connectivity index (χ1) is 24.5. The van der Waals surface area contributed by atoms with Crippen molar-refractivity contribution in [2.24, 2.45) is 11.5 Å². The summed E-state index contributed by atoms with van der Waals surface area (Å²) in [5, 5.41) is 8.66. The van der Waals surface area contributed by atoms with Crippen molar-refractivity contribution in [3.8, 4) is 0 Å². The average molecular weight is 655 g/mol. The molecule has 1 fully saturated rings. The van der Waals surface area contributed by atoms with E-state index in [2.05, 4.69) is 199 Å². The van der Waals surface area contributed by atoms with Crippen LogP contribution in [0, 0.1) is 0 Å². The van der Waals surface area contributed by atoms with E-state index in [1.54, 1.807) is 0 Å². The van der Waals surface area contributed by atoms with Crippen molar-refractivity contribution in [3.63, 3.8) is 0 Å². The highest BCUT2D eigenvalue weighted by Crippen LogP contribution is 2.53. The van der Waals surface area contributed by atoms with E-state index in [0.29, 0.717) is 0 Å². The Morgan fingerprint density at radius 3 is 2.08 bits per heavy atom. The molecule has 5 N–H and O–H groups in total. The summed E-state index contributed by atoms with van der Waals surface area (Å²) in [6.45, 7) is 10.9. The average Bonchev–Trinajstić information content (AvgIpc) is 3.94. The molecule has 50 heavy (non-hydrogen) atoms. The van der Waals surface area contributed by atoms with Crippen LogP contribution in [-0.2, 0) is 5.54 Å². The Kier molecular flexibility index (Phi) is 10.5. The molecule has 0 spiro atoms. The van der Waals surface area contributed by atoms with Crippen LogP contribution < -0.4 is 32.1 Å². The highest BCUT2D eigenvalue weighted by molar-refractivity contribution is 5.98. The van der Waals surface area contributed by atoms with E-state index in [4.69, 9.17) is 0 Å². The van der Waals surface area contributed by atoms with Crippen molar-refractivity contribution in [2.75, 3.05) is 11.6 Å². The molecule has 2 aliphatic heterocycles. The fourth-order valence-corrected chi connectivity index (χ4v) is 6.92. The summed E-state index contributed by atoms with van der Waals surface area (Å²) >= 11 is 0. The third-order valence-electron chi connectivity index (χ3n) is 9.46. The molecule has 250 valence electrons. The van der Waals surface area contributed by atoms with Crippen molar-refractivity contribution in [2.45, 2.75) is 32.4 Å². The lowest BCUT2D eigenvalue weighted by Crippen LogP contribution is -2.29. The third-order valence-corrected chi connectivity index (χ3v) is 9.46. The van der Waals surface area contributed by atoms with Gasteiger partial charge in [0, 0.05) is 24.8 Å². The predicted octanol–water partition coefficient (Wildman–Crippen LogP) is 8.43. The summed E-state index contributed by atoms with van der Waals surface area (Å²) in [5.74, 6) is 0. The first kappa shape index (κ1) is 34.3. The van der Waals surface area contributed by atoms with Crippen molar-refractivity contribution in [1.82, 2.24) is 5.32 Å². The maximum Gasteiger partial charge on any atom is 0.0894 e. The fourth-order valence-electron chi connectivity index (χ4n) is 6.92. The van der Waals surface area contributed by atoms with Crippen molar-refractivity contribution < 1.29 is 0 Å². The summed E-state index contributed by atoms with van der Waals surface area (Å²) in [5.41, 5.74) is 18.5. The molecule has 0 aromatic heterocycles. The van der Waals surface area contributed by atoms with Crippen LogP contribution >= 0.6 is 0 Å². The van der Waals surface area contributed by atoms with Gasteiger partial charge < -0.3 is 16.4 Å². The first-order valence-electron chi connectivity index (χ1n) is 17.4. The molecule has 2 aliphatic rings. The molecule has 2 atom stereocenters. The Balaban J connectivity index is 0.000000822. The minimum absolute atomic E-state index is 0.228. The van der Waals surface area contributed by atoms with Crippen molar-refractivity contribution >= 4 is 39.9 Å². The number of nitrogens with one attached hydrogen (secondary N) is 1. The van der Waals surface area contributed by atoms with Gasteiger partial charge in [-0.05, 0) is 91.4 Å². The molecule has 4 heteroatoms. The van der Waals surface area contributed by atoms with Gasteiger partial charge in [-0.15, -0.1) is 0 Å². The van der Waals surface area contributed by atoms with Gasteiger partial charge in [0.25, 0.3) is 0 Å². The molecule has 0 bridgehead atoms. The van der Waals surface area contributed by atoms with Gasteiger partial charge in [0.15, 0.2) is 0 Å². The monoisotopic (exact) mass is 654 g/mol. The molecule has 4 nitrogen and oxygen atoms in total. The standard InChI is InChI=1S/C43H34N2.C2H6.CH6N2/c1-30-31(2)41-20-12-10-16-36(41)29-45(26-25-32-13-9-11-19-40(30)32)39-24-22-34-27-38(23-21-35(34)28-39)43(37-17-7-4-8-18-37)42(44-43)33-14-5-3-6-15-33;1-2;2-1-3/h3-29,42,44H,1H2,2H3;1-2H3;1-3H2/b26-25-,36-29-,41-31+;;. The number of rotatable bonds is 4. The van der Waals surface area contributed by atoms with Crippen LogP contribution in [0.3, 0.4) is 0 Å². The predicted molar refractivity (Wildman–Crippen MR) is 214 cm³/mol. The number of hydrogen-bond acceptors (Lipinski definition) is 4. The quantitative estimate of drug-likeness (QED) is 0.132. The van der Waals surface area contributed by atoms with Crippen LogP contribution in [0.4, 0.5) is 5.69 Å². The molecular formula is C46H46N4. The van der Waals surface area contributed by atoms with Crippen LogP contribution in [0.15, 0.2) is 158 Å². The van der Waals surface area contributed by atoms with Gasteiger partial charge in [0.1, 0.15) is 0 Å². The SMILES string of the molecule is C=C1/C(C)=c2\cccc\c2=C\N(c2ccc3cc(C4(c5ccccc5)NC4c4ccccc4)ccc3c2)/C=C\c2ccccc21.CC.NCN. The van der Waals surface area contributed by atoms with Gasteiger partial charge >= 0.3 is 0 Å². The zero-order chi connectivity index (χ0) is 35.1. The molecule has 6 aromatic carbocycles. The lowest BCUT2D eigenvalue weighted by atomic mass is 9.84. The van der Waals surface area contributed by atoms with Gasteiger partial charge in [-0.3, -0.25) is 5.32 Å². The second-order valence-electron chi connectivity index (χ2n) is 12.3. The smallest absolute Gasteiger partial charge is 0.0894 e. The Hall–Kier alpha value is -5.52. The second kappa shape index (κ2) is 15.4. The number of fused-ring (bicyclic) bond motifs is 3. The number of anilines is 1. The van der Waals surface area contributed by atoms with Gasteiger partial charge in [-0.1, -0.05) is 148 Å². The first-order valence-corrected chi connectivity index (χ1v) is 17.4. The summed E-state index contributed by atoms with van der Waals surface area (Å²) in [6, 6.07) is 52.6. The van der Waals surface area contributed by atoms with E-state index < -0.39 is 0 Å². The van der Waals surface area contributed by atoms with Crippen LogP contribution in [0.25, 0.3) is 34.2 Å². The maximum atomic E-state index is 4.62. The van der Waals surface area contributed by atoms with Crippen LogP contribution in [0.5, 0.6) is 0 Å². The molecule has 2 unspecified atom stereocenters. The normalized spacial score (nSPS) is 20.0. The molecule has 0 saturated carbocycles. The van der Waals surface area contributed by atoms with Crippen molar-refractivity contribution in [3.05, 3.63) is 197 Å². The van der Waals surface area contributed by atoms with Crippen LogP contribution in [-0.4, -0.2) is 6.67 Å². The van der Waals surface area contributed by atoms with Gasteiger partial charge in [-0.2, -0.15) is 0 Å². The minimum atomic E-state index is -0.249. The second-order valence-corrected chi connectivity index (χ2v) is 12.3. The molecule has 0 radical (unpaired) electrons. The molecule has 1 saturated heterocycles. The zero-order valence-electron chi connectivity index (χ0n) is 29.2. The molecule has 0 amide bonds. The number of nitrogens with two attached hydrogens (primary N) is 2. The lowest BCUT2D eigenvalue weighted by Gasteiger charge is -2.20. The van der Waals surface area contributed by atoms with Crippen molar-refractivity contribution in [1.29, 1.82) is 0 Å². The topological polar surface area (TPSA) is 77.2 Å². The molecular weight excluding hydrogens is 609 g/mol. The van der Waals surface area contributed by atoms with E-state index in [-0.39, 0.29) is 18.2 Å². The van der Waals surface area contributed by atoms with E-state index in [0.717, 1.165) is 27.6 Å². The Morgan fingerprint density at radius 2 is 1.32 bits per heavy atom. The van der Waals surface area contributed by atoms with E-state index >= 15 is 0 Å². The summed E-state index contributed by atoms with van der Waals surface area (Å²) in [4.78, 5) is 2.24. The Morgan fingerprint density at radius 1 is 0.700 bits per heavy atom. The van der Waals surface area contributed by atoms with Gasteiger partial charge in [0.05, 0.1) is 11.6 Å². The van der Waals surface area contributed by atoms with Gasteiger partial charge in [0.2, 0.25) is 0 Å². The molecule has 6 aromatic rings. The zero-order valence-corrected chi connectivity index (χ0v) is 29.2. The minimum Gasteiger partial charge on any atom is -0.323 e.